The molecule has 1 amide bonds. The number of nitrogens with one attached hydrogen (secondary N) is 2. The summed E-state index contributed by atoms with van der Waals surface area (Å²) in [6.45, 7) is 1.77. The first-order valence-electron chi connectivity index (χ1n) is 8.75. The first-order valence-corrected chi connectivity index (χ1v) is 10.2. The van der Waals surface area contributed by atoms with E-state index in [0.717, 1.165) is 55.7 Å². The topological polar surface area (TPSA) is 75.3 Å². The number of benzene rings is 2. The van der Waals surface area contributed by atoms with E-state index in [-0.39, 0.29) is 22.5 Å². The molecule has 2 aromatic carbocycles. The zero-order chi connectivity index (χ0) is 20.5. The maximum Gasteiger partial charge on any atom is 0.258 e. The summed E-state index contributed by atoms with van der Waals surface area (Å²) in [5.74, 6) is -3.93. The molecule has 0 radical (unpaired) electrons. The van der Waals surface area contributed by atoms with Gasteiger partial charge in [-0.3, -0.25) is 4.79 Å². The van der Waals surface area contributed by atoms with Crippen LogP contribution in [0, 0.1) is 23.4 Å². The van der Waals surface area contributed by atoms with Crippen LogP contribution in [-0.4, -0.2) is 20.4 Å². The van der Waals surface area contributed by atoms with E-state index in [4.69, 9.17) is 0 Å². The van der Waals surface area contributed by atoms with Crippen molar-refractivity contribution in [3.63, 3.8) is 0 Å². The minimum Gasteiger partial charge on any atom is -0.322 e. The van der Waals surface area contributed by atoms with Crippen LogP contribution in [0.2, 0.25) is 0 Å². The normalized spacial score (nSPS) is 15.7. The number of hydrogen-bond acceptors (Lipinski definition) is 3. The number of carbonyl (C=O) groups excluding carboxylic acids is 1. The second-order valence-electron chi connectivity index (χ2n) is 6.83. The number of hydrogen-bond donors (Lipinski definition) is 2. The molecular weight excluding hydrogens is 393 g/mol. The highest BCUT2D eigenvalue weighted by molar-refractivity contribution is 7.89. The molecule has 2 N–H and O–H groups in total. The predicted molar refractivity (Wildman–Crippen MR) is 97.8 cm³/mol. The van der Waals surface area contributed by atoms with Gasteiger partial charge in [-0.05, 0) is 56.0 Å². The molecule has 0 spiro atoms. The molecule has 0 saturated heterocycles. The van der Waals surface area contributed by atoms with Crippen molar-refractivity contribution in [2.75, 3.05) is 5.32 Å². The molecule has 1 unspecified atom stereocenters. The third-order valence-electron chi connectivity index (χ3n) is 4.87. The van der Waals surface area contributed by atoms with Gasteiger partial charge in [-0.2, -0.15) is 0 Å². The first-order chi connectivity index (χ1) is 13.2. The van der Waals surface area contributed by atoms with Crippen LogP contribution in [-0.2, 0) is 10.0 Å². The number of carbonyl (C=O) groups is 1. The van der Waals surface area contributed by atoms with Crippen LogP contribution in [0.4, 0.5) is 18.9 Å². The summed E-state index contributed by atoms with van der Waals surface area (Å²) < 4.78 is 68.0. The molecule has 0 heterocycles. The molecule has 0 aromatic heterocycles. The van der Waals surface area contributed by atoms with E-state index in [1.165, 1.54) is 0 Å². The van der Waals surface area contributed by atoms with Gasteiger partial charge in [-0.25, -0.2) is 26.3 Å². The standard InChI is InChI=1S/C19H19F3N2O3S/c1-11(12-3-2-4-12)24-28(26,27)14-6-8-16(20)15(10-14)19(25)23-13-5-7-17(21)18(22)9-13/h5-12,24H,2-4H2,1H3,(H,23,25). The minimum absolute atomic E-state index is 0.0895. The monoisotopic (exact) mass is 412 g/mol. The zero-order valence-electron chi connectivity index (χ0n) is 15.0. The van der Waals surface area contributed by atoms with Crippen molar-refractivity contribution in [1.82, 2.24) is 4.72 Å². The average molecular weight is 412 g/mol. The van der Waals surface area contributed by atoms with Gasteiger partial charge in [0.15, 0.2) is 11.6 Å². The molecule has 5 nitrogen and oxygen atoms in total. The Hall–Kier alpha value is -2.39. The lowest BCUT2D eigenvalue weighted by Gasteiger charge is -2.31. The van der Waals surface area contributed by atoms with E-state index in [1.54, 1.807) is 6.92 Å². The second kappa shape index (κ2) is 7.92. The average Bonchev–Trinajstić information content (AvgIpc) is 2.56. The first kappa shape index (κ1) is 20.3. The van der Waals surface area contributed by atoms with Crippen LogP contribution >= 0.6 is 0 Å². The summed E-state index contributed by atoms with van der Waals surface area (Å²) >= 11 is 0. The van der Waals surface area contributed by atoms with Gasteiger partial charge in [-0.15, -0.1) is 0 Å². The summed E-state index contributed by atoms with van der Waals surface area (Å²) in [7, 11) is -3.94. The number of halogens is 3. The van der Waals surface area contributed by atoms with Crippen molar-refractivity contribution in [2.24, 2.45) is 5.92 Å². The molecule has 1 saturated carbocycles. The van der Waals surface area contributed by atoms with Crippen LogP contribution in [0.15, 0.2) is 41.3 Å². The number of rotatable bonds is 6. The maximum atomic E-state index is 14.1. The van der Waals surface area contributed by atoms with Crippen molar-refractivity contribution in [3.05, 3.63) is 59.4 Å². The summed E-state index contributed by atoms with van der Waals surface area (Å²) in [5.41, 5.74) is -0.614. The van der Waals surface area contributed by atoms with E-state index >= 15 is 0 Å². The summed E-state index contributed by atoms with van der Waals surface area (Å²) in [4.78, 5) is 12.1. The quantitative estimate of drug-likeness (QED) is 0.757. The second-order valence-corrected chi connectivity index (χ2v) is 8.54. The SMILES string of the molecule is CC(NS(=O)(=O)c1ccc(F)c(C(=O)Nc2ccc(F)c(F)c2)c1)C1CCC1. The van der Waals surface area contributed by atoms with Crippen LogP contribution in [0.25, 0.3) is 0 Å². The van der Waals surface area contributed by atoms with Gasteiger partial charge in [0.2, 0.25) is 10.0 Å². The van der Waals surface area contributed by atoms with Crippen molar-refractivity contribution in [1.29, 1.82) is 0 Å². The van der Waals surface area contributed by atoms with E-state index in [2.05, 4.69) is 10.0 Å². The largest absolute Gasteiger partial charge is 0.322 e. The highest BCUT2D eigenvalue weighted by Gasteiger charge is 2.28. The minimum atomic E-state index is -3.94. The lowest BCUT2D eigenvalue weighted by molar-refractivity contribution is 0.102. The van der Waals surface area contributed by atoms with Crippen LogP contribution in [0.5, 0.6) is 0 Å². The number of sulfonamides is 1. The van der Waals surface area contributed by atoms with Crippen LogP contribution in [0.1, 0.15) is 36.5 Å². The molecule has 1 aliphatic rings. The van der Waals surface area contributed by atoms with Crippen molar-refractivity contribution in [2.45, 2.75) is 37.1 Å². The lowest BCUT2D eigenvalue weighted by atomic mass is 9.81. The van der Waals surface area contributed by atoms with Crippen molar-refractivity contribution >= 4 is 21.6 Å². The molecular formula is C19H19F3N2O3S. The van der Waals surface area contributed by atoms with Gasteiger partial charge in [0.1, 0.15) is 5.82 Å². The van der Waals surface area contributed by atoms with Crippen molar-refractivity contribution < 1.29 is 26.4 Å². The Morgan fingerprint density at radius 1 is 1.04 bits per heavy atom. The van der Waals surface area contributed by atoms with Gasteiger partial charge >= 0.3 is 0 Å². The van der Waals surface area contributed by atoms with Crippen LogP contribution in [0.3, 0.4) is 0 Å². The highest BCUT2D eigenvalue weighted by Crippen LogP contribution is 2.30. The van der Waals surface area contributed by atoms with Gasteiger partial charge < -0.3 is 5.32 Å². The molecule has 28 heavy (non-hydrogen) atoms. The van der Waals surface area contributed by atoms with Gasteiger partial charge in [0, 0.05) is 17.8 Å². The van der Waals surface area contributed by atoms with E-state index in [9.17, 15) is 26.4 Å². The predicted octanol–water partition coefficient (Wildman–Crippen LogP) is 3.82. The third kappa shape index (κ3) is 4.36. The molecule has 2 aromatic rings. The fraction of sp³-hybridized carbons (Fsp3) is 0.316. The Kier molecular flexibility index (Phi) is 5.76. The molecule has 1 aliphatic carbocycles. The molecule has 150 valence electrons. The molecule has 9 heteroatoms. The highest BCUT2D eigenvalue weighted by atomic mass is 32.2. The van der Waals surface area contributed by atoms with Gasteiger partial charge in [-0.1, -0.05) is 6.42 Å². The Morgan fingerprint density at radius 3 is 2.32 bits per heavy atom. The van der Waals surface area contributed by atoms with Crippen molar-refractivity contribution in [3.8, 4) is 0 Å². The molecule has 0 bridgehead atoms. The Labute approximate surface area is 161 Å². The van der Waals surface area contributed by atoms with E-state index in [0.29, 0.717) is 0 Å². The van der Waals surface area contributed by atoms with E-state index < -0.39 is 38.9 Å². The molecule has 1 fully saturated rings. The van der Waals surface area contributed by atoms with Crippen LogP contribution < -0.4 is 10.0 Å². The van der Waals surface area contributed by atoms with Gasteiger partial charge in [0.25, 0.3) is 5.91 Å². The third-order valence-corrected chi connectivity index (χ3v) is 6.42. The van der Waals surface area contributed by atoms with E-state index in [1.807, 2.05) is 0 Å². The number of anilines is 1. The molecule has 0 aliphatic heterocycles. The fourth-order valence-electron chi connectivity index (χ4n) is 2.97. The Balaban J connectivity index is 1.81. The molecule has 3 rings (SSSR count). The smallest absolute Gasteiger partial charge is 0.258 e. The Morgan fingerprint density at radius 2 is 1.71 bits per heavy atom. The summed E-state index contributed by atoms with van der Waals surface area (Å²) in [6, 6.07) is 5.25. The maximum absolute atomic E-state index is 14.1. The van der Waals surface area contributed by atoms with Gasteiger partial charge in [0.05, 0.1) is 10.5 Å². The molecule has 1 atom stereocenters. The summed E-state index contributed by atoms with van der Waals surface area (Å²) in [6.07, 6.45) is 2.94. The fourth-order valence-corrected chi connectivity index (χ4v) is 4.30. The number of amides is 1. The summed E-state index contributed by atoms with van der Waals surface area (Å²) in [5, 5.41) is 2.22. The zero-order valence-corrected chi connectivity index (χ0v) is 15.8. The lowest BCUT2D eigenvalue weighted by Crippen LogP contribution is -2.40. The Bertz CT molecular complexity index is 1010.